The number of hydrogen-bond donors (Lipinski definition) is 0. The number of aromatic nitrogens is 1. The third-order valence-electron chi connectivity index (χ3n) is 3.00. The van der Waals surface area contributed by atoms with E-state index in [0.29, 0.717) is 0 Å². The zero-order valence-corrected chi connectivity index (χ0v) is 9.27. The van der Waals surface area contributed by atoms with E-state index >= 15 is 0 Å². The van der Waals surface area contributed by atoms with Crippen LogP contribution in [0.5, 0.6) is 0 Å². The number of nitrogens with zero attached hydrogens (tertiary/aromatic N) is 1. The van der Waals surface area contributed by atoms with Crippen LogP contribution in [0.1, 0.15) is 18.1 Å². The molecular weight excluding hydrogens is 194 g/mol. The molecule has 3 rings (SSSR count). The zero-order chi connectivity index (χ0) is 11.0. The predicted octanol–water partition coefficient (Wildman–Crippen LogP) is 3.71. The largest absolute Gasteiger partial charge is 0.256 e. The van der Waals surface area contributed by atoms with Gasteiger partial charge in [0.1, 0.15) is 0 Å². The maximum absolute atomic E-state index is 4.42. The molecule has 0 unspecified atom stereocenters. The van der Waals surface area contributed by atoms with E-state index in [2.05, 4.69) is 42.2 Å². The first-order valence-electron chi connectivity index (χ1n) is 5.55. The van der Waals surface area contributed by atoms with Gasteiger partial charge in [-0.05, 0) is 36.6 Å². The molecular formula is C15H13N. The molecule has 0 spiro atoms. The highest BCUT2D eigenvalue weighted by Crippen LogP contribution is 2.32. The van der Waals surface area contributed by atoms with Crippen LogP contribution in [0, 0.1) is 0 Å². The normalized spacial score (nSPS) is 13.4. The van der Waals surface area contributed by atoms with Gasteiger partial charge in [-0.1, -0.05) is 35.9 Å². The van der Waals surface area contributed by atoms with E-state index in [1.54, 1.807) is 0 Å². The zero-order valence-electron chi connectivity index (χ0n) is 9.27. The van der Waals surface area contributed by atoms with Gasteiger partial charge >= 0.3 is 0 Å². The first-order chi connectivity index (χ1) is 7.84. The Morgan fingerprint density at radius 3 is 2.81 bits per heavy atom. The van der Waals surface area contributed by atoms with Gasteiger partial charge in [0, 0.05) is 11.8 Å². The second-order valence-corrected chi connectivity index (χ2v) is 4.26. The highest BCUT2D eigenvalue weighted by molar-refractivity contribution is 5.78. The van der Waals surface area contributed by atoms with Crippen molar-refractivity contribution >= 4 is 6.08 Å². The van der Waals surface area contributed by atoms with Gasteiger partial charge in [0.05, 0.1) is 5.69 Å². The third kappa shape index (κ3) is 1.45. The van der Waals surface area contributed by atoms with Crippen LogP contribution in [-0.2, 0) is 6.42 Å². The van der Waals surface area contributed by atoms with E-state index in [0.717, 1.165) is 12.1 Å². The minimum atomic E-state index is 1.06. The fourth-order valence-electron chi connectivity index (χ4n) is 2.28. The molecule has 1 nitrogen and oxygen atoms in total. The molecule has 1 aliphatic carbocycles. The Bertz CT molecular complexity index is 553. The SMILES string of the molecule is CC1=Cc2c(cccc2-c2ccccn2)C1. The molecule has 1 heteroatoms. The van der Waals surface area contributed by atoms with Crippen LogP contribution >= 0.6 is 0 Å². The summed E-state index contributed by atoms with van der Waals surface area (Å²) >= 11 is 0. The third-order valence-corrected chi connectivity index (χ3v) is 3.00. The fourth-order valence-corrected chi connectivity index (χ4v) is 2.28. The Morgan fingerprint density at radius 1 is 1.06 bits per heavy atom. The van der Waals surface area contributed by atoms with Gasteiger partial charge in [0.25, 0.3) is 0 Å². The standard InChI is InChI=1S/C15H13N/c1-11-9-12-5-4-6-13(14(12)10-11)15-7-2-3-8-16-15/h2-8,10H,9H2,1H3. The lowest BCUT2D eigenvalue weighted by Gasteiger charge is -2.06. The monoisotopic (exact) mass is 207 g/mol. The van der Waals surface area contributed by atoms with Crippen LogP contribution in [0.25, 0.3) is 17.3 Å². The number of benzene rings is 1. The highest BCUT2D eigenvalue weighted by atomic mass is 14.7. The second-order valence-electron chi connectivity index (χ2n) is 4.26. The summed E-state index contributed by atoms with van der Waals surface area (Å²) in [6.07, 6.45) is 5.20. The van der Waals surface area contributed by atoms with E-state index in [-0.39, 0.29) is 0 Å². The fraction of sp³-hybridized carbons (Fsp3) is 0.133. The Balaban J connectivity index is 2.20. The van der Waals surface area contributed by atoms with Gasteiger partial charge in [-0.3, -0.25) is 4.98 Å². The van der Waals surface area contributed by atoms with Crippen LogP contribution in [0.4, 0.5) is 0 Å². The minimum Gasteiger partial charge on any atom is -0.256 e. The van der Waals surface area contributed by atoms with Crippen molar-refractivity contribution in [3.63, 3.8) is 0 Å². The first kappa shape index (κ1) is 9.34. The van der Waals surface area contributed by atoms with Gasteiger partial charge in [-0.15, -0.1) is 0 Å². The topological polar surface area (TPSA) is 12.9 Å². The summed E-state index contributed by atoms with van der Waals surface area (Å²) < 4.78 is 0. The van der Waals surface area contributed by atoms with Crippen molar-refractivity contribution in [2.24, 2.45) is 0 Å². The van der Waals surface area contributed by atoms with Crippen LogP contribution in [-0.4, -0.2) is 4.98 Å². The van der Waals surface area contributed by atoms with Crippen molar-refractivity contribution in [3.8, 4) is 11.3 Å². The summed E-state index contributed by atoms with van der Waals surface area (Å²) in [5.41, 5.74) is 6.50. The Kier molecular flexibility index (Phi) is 2.10. The van der Waals surface area contributed by atoms with Crippen molar-refractivity contribution in [3.05, 3.63) is 59.3 Å². The van der Waals surface area contributed by atoms with Crippen molar-refractivity contribution in [1.82, 2.24) is 4.98 Å². The van der Waals surface area contributed by atoms with Crippen molar-refractivity contribution < 1.29 is 0 Å². The minimum absolute atomic E-state index is 1.06. The summed E-state index contributed by atoms with van der Waals surface area (Å²) in [6, 6.07) is 12.5. The molecule has 0 saturated carbocycles. The molecule has 0 amide bonds. The molecule has 0 fully saturated rings. The van der Waals surface area contributed by atoms with Crippen LogP contribution in [0.15, 0.2) is 48.2 Å². The molecule has 2 aromatic rings. The summed E-state index contributed by atoms with van der Waals surface area (Å²) in [5.74, 6) is 0. The van der Waals surface area contributed by atoms with Gasteiger partial charge in [-0.25, -0.2) is 0 Å². The summed E-state index contributed by atoms with van der Waals surface area (Å²) in [4.78, 5) is 4.42. The lowest BCUT2D eigenvalue weighted by atomic mass is 10.0. The molecule has 1 aromatic carbocycles. The van der Waals surface area contributed by atoms with E-state index in [1.807, 2.05) is 18.3 Å². The number of hydrogen-bond acceptors (Lipinski definition) is 1. The number of pyridine rings is 1. The van der Waals surface area contributed by atoms with Crippen molar-refractivity contribution in [2.75, 3.05) is 0 Å². The second kappa shape index (κ2) is 3.60. The molecule has 0 radical (unpaired) electrons. The molecule has 0 atom stereocenters. The molecule has 1 aliphatic rings. The predicted molar refractivity (Wildman–Crippen MR) is 67.0 cm³/mol. The van der Waals surface area contributed by atoms with E-state index in [1.165, 1.54) is 22.3 Å². The maximum Gasteiger partial charge on any atom is 0.0708 e. The highest BCUT2D eigenvalue weighted by Gasteiger charge is 2.14. The molecule has 78 valence electrons. The van der Waals surface area contributed by atoms with E-state index in [9.17, 15) is 0 Å². The quantitative estimate of drug-likeness (QED) is 0.694. The molecule has 0 aliphatic heterocycles. The van der Waals surface area contributed by atoms with Crippen LogP contribution < -0.4 is 0 Å². The van der Waals surface area contributed by atoms with Gasteiger partial charge in [-0.2, -0.15) is 0 Å². The number of fused-ring (bicyclic) bond motifs is 1. The average Bonchev–Trinajstić information content (AvgIpc) is 2.70. The number of allylic oxidation sites excluding steroid dienone is 1. The Hall–Kier alpha value is -1.89. The molecule has 1 aromatic heterocycles. The number of rotatable bonds is 1. The molecule has 0 saturated heterocycles. The average molecular weight is 207 g/mol. The first-order valence-corrected chi connectivity index (χ1v) is 5.55. The van der Waals surface area contributed by atoms with Crippen molar-refractivity contribution in [2.45, 2.75) is 13.3 Å². The van der Waals surface area contributed by atoms with Crippen LogP contribution in [0.2, 0.25) is 0 Å². The lowest BCUT2D eigenvalue weighted by Crippen LogP contribution is -1.88. The molecule has 0 N–H and O–H groups in total. The summed E-state index contributed by atoms with van der Waals surface area (Å²) in [5, 5.41) is 0. The lowest BCUT2D eigenvalue weighted by molar-refractivity contribution is 1.19. The van der Waals surface area contributed by atoms with E-state index < -0.39 is 0 Å². The van der Waals surface area contributed by atoms with Crippen LogP contribution in [0.3, 0.4) is 0 Å². The van der Waals surface area contributed by atoms with Gasteiger partial charge in [0.2, 0.25) is 0 Å². The van der Waals surface area contributed by atoms with Crippen molar-refractivity contribution in [1.29, 1.82) is 0 Å². The Labute approximate surface area is 95.5 Å². The molecule has 16 heavy (non-hydrogen) atoms. The molecule has 1 heterocycles. The maximum atomic E-state index is 4.42. The molecule has 0 bridgehead atoms. The van der Waals surface area contributed by atoms with Gasteiger partial charge in [0.15, 0.2) is 0 Å². The summed E-state index contributed by atoms with van der Waals surface area (Å²) in [6.45, 7) is 2.18. The van der Waals surface area contributed by atoms with E-state index in [4.69, 9.17) is 0 Å². The Morgan fingerprint density at radius 2 is 2.00 bits per heavy atom. The summed E-state index contributed by atoms with van der Waals surface area (Å²) in [7, 11) is 0. The smallest absolute Gasteiger partial charge is 0.0708 e. The van der Waals surface area contributed by atoms with Gasteiger partial charge < -0.3 is 0 Å².